The molecule has 0 bridgehead atoms. The molecule has 1 aromatic rings. The summed E-state index contributed by atoms with van der Waals surface area (Å²) in [6, 6.07) is 0.634. The fraction of sp³-hybridized carbons (Fsp3) is 0.733. The molecule has 1 fully saturated rings. The minimum absolute atomic E-state index is 0. The first-order chi connectivity index (χ1) is 9.66. The Morgan fingerprint density at radius 1 is 1.29 bits per heavy atom. The molecule has 0 radical (unpaired) electrons. The first-order valence-corrected chi connectivity index (χ1v) is 7.68. The fourth-order valence-electron chi connectivity index (χ4n) is 2.85. The summed E-state index contributed by atoms with van der Waals surface area (Å²) in [6.07, 6.45) is 9.72. The molecule has 2 rings (SSSR count). The number of nitrogens with zero attached hydrogens (tertiary/aromatic N) is 2. The van der Waals surface area contributed by atoms with E-state index in [9.17, 15) is 4.79 Å². The van der Waals surface area contributed by atoms with Gasteiger partial charge in [-0.2, -0.15) is 5.10 Å². The van der Waals surface area contributed by atoms with E-state index in [1.807, 2.05) is 14.0 Å². The van der Waals surface area contributed by atoms with Crippen LogP contribution in [0.1, 0.15) is 54.6 Å². The van der Waals surface area contributed by atoms with Gasteiger partial charge in [0.25, 0.3) is 5.91 Å². The van der Waals surface area contributed by atoms with E-state index < -0.39 is 0 Å². The van der Waals surface area contributed by atoms with E-state index in [4.69, 9.17) is 0 Å². The van der Waals surface area contributed by atoms with Crippen molar-refractivity contribution in [3.05, 3.63) is 17.5 Å². The zero-order valence-corrected chi connectivity index (χ0v) is 13.8. The molecule has 0 aromatic carbocycles. The minimum Gasteiger partial charge on any atom is -0.351 e. The lowest BCUT2D eigenvalue weighted by molar-refractivity contribution is 0.0953. The van der Waals surface area contributed by atoms with Gasteiger partial charge in [0.05, 0.1) is 11.3 Å². The van der Waals surface area contributed by atoms with Crippen molar-refractivity contribution in [2.75, 3.05) is 13.1 Å². The first kappa shape index (κ1) is 18.0. The molecule has 0 saturated heterocycles. The third kappa shape index (κ3) is 5.67. The van der Waals surface area contributed by atoms with Crippen LogP contribution in [-0.4, -0.2) is 34.8 Å². The van der Waals surface area contributed by atoms with Crippen LogP contribution in [-0.2, 0) is 7.05 Å². The number of aryl methyl sites for hydroxylation is 2. The first-order valence-electron chi connectivity index (χ1n) is 7.68. The molecule has 2 N–H and O–H groups in total. The van der Waals surface area contributed by atoms with Gasteiger partial charge in [-0.05, 0) is 19.8 Å². The van der Waals surface area contributed by atoms with E-state index in [1.54, 1.807) is 10.9 Å². The summed E-state index contributed by atoms with van der Waals surface area (Å²) < 4.78 is 1.67. The number of nitrogens with one attached hydrogen (secondary N) is 2. The lowest BCUT2D eigenvalue weighted by atomic mass is 10.1. The van der Waals surface area contributed by atoms with Gasteiger partial charge >= 0.3 is 0 Å². The summed E-state index contributed by atoms with van der Waals surface area (Å²) >= 11 is 0. The van der Waals surface area contributed by atoms with Crippen LogP contribution in [0, 0.1) is 6.92 Å². The number of rotatable bonds is 5. The Morgan fingerprint density at radius 3 is 2.52 bits per heavy atom. The van der Waals surface area contributed by atoms with E-state index in [1.165, 1.54) is 38.5 Å². The van der Waals surface area contributed by atoms with Crippen LogP contribution in [0.2, 0.25) is 0 Å². The number of carbonyl (C=O) groups excluding carboxylic acids is 1. The molecule has 1 heterocycles. The van der Waals surface area contributed by atoms with Gasteiger partial charge in [0.15, 0.2) is 0 Å². The molecule has 1 aliphatic carbocycles. The number of carbonyl (C=O) groups is 1. The minimum atomic E-state index is -0.0294. The fourth-order valence-corrected chi connectivity index (χ4v) is 2.85. The zero-order chi connectivity index (χ0) is 14.4. The molecule has 0 spiro atoms. The van der Waals surface area contributed by atoms with Crippen molar-refractivity contribution in [3.8, 4) is 0 Å². The highest BCUT2D eigenvalue weighted by Crippen LogP contribution is 2.16. The molecule has 120 valence electrons. The van der Waals surface area contributed by atoms with Crippen LogP contribution in [0.25, 0.3) is 0 Å². The smallest absolute Gasteiger partial charge is 0.254 e. The summed E-state index contributed by atoms with van der Waals surface area (Å²) in [7, 11) is 1.83. The largest absolute Gasteiger partial charge is 0.351 e. The van der Waals surface area contributed by atoms with Crippen molar-refractivity contribution in [2.45, 2.75) is 51.5 Å². The molecule has 1 amide bonds. The normalized spacial score (nSPS) is 16.1. The van der Waals surface area contributed by atoms with E-state index in [-0.39, 0.29) is 18.3 Å². The third-order valence-corrected chi connectivity index (χ3v) is 3.96. The Balaban J connectivity index is 0.00000220. The Bertz CT molecular complexity index is 439. The monoisotopic (exact) mass is 314 g/mol. The average molecular weight is 315 g/mol. The molecule has 1 saturated carbocycles. The van der Waals surface area contributed by atoms with Crippen LogP contribution in [0.15, 0.2) is 6.20 Å². The lowest BCUT2D eigenvalue weighted by Crippen LogP contribution is -2.36. The van der Waals surface area contributed by atoms with Gasteiger partial charge in [0.1, 0.15) is 0 Å². The van der Waals surface area contributed by atoms with E-state index >= 15 is 0 Å². The predicted octanol–water partition coefficient (Wildman–Crippen LogP) is 2.19. The molecule has 0 atom stereocenters. The van der Waals surface area contributed by atoms with Gasteiger partial charge in [-0.1, -0.05) is 25.7 Å². The molecule has 1 aromatic heterocycles. The quantitative estimate of drug-likeness (QED) is 0.647. The maximum atomic E-state index is 12.0. The van der Waals surface area contributed by atoms with Crippen LogP contribution in [0.5, 0.6) is 0 Å². The second-order valence-corrected chi connectivity index (χ2v) is 5.70. The number of hydrogen-bond acceptors (Lipinski definition) is 3. The van der Waals surface area contributed by atoms with Crippen LogP contribution in [0.4, 0.5) is 0 Å². The Morgan fingerprint density at radius 2 is 1.95 bits per heavy atom. The molecule has 0 unspecified atom stereocenters. The Hall–Kier alpha value is -1.07. The second kappa shape index (κ2) is 9.05. The van der Waals surface area contributed by atoms with Gasteiger partial charge in [-0.3, -0.25) is 9.48 Å². The van der Waals surface area contributed by atoms with E-state index in [0.29, 0.717) is 18.2 Å². The number of halogens is 1. The number of amides is 1. The van der Waals surface area contributed by atoms with Crippen molar-refractivity contribution >= 4 is 18.3 Å². The average Bonchev–Trinajstić information content (AvgIpc) is 2.64. The van der Waals surface area contributed by atoms with Gasteiger partial charge in [0, 0.05) is 32.4 Å². The van der Waals surface area contributed by atoms with Gasteiger partial charge in [0.2, 0.25) is 0 Å². The standard InChI is InChI=1S/C15H26N4O.ClH/c1-12-14(11-19(2)18-12)15(20)17-10-9-16-13-7-5-3-4-6-8-13;/h11,13,16H,3-10H2,1-2H3,(H,17,20);1H. The summed E-state index contributed by atoms with van der Waals surface area (Å²) in [4.78, 5) is 12.0. The molecule has 0 aliphatic heterocycles. The molecule has 6 heteroatoms. The van der Waals surface area contributed by atoms with Crippen LogP contribution in [0.3, 0.4) is 0 Å². The van der Waals surface area contributed by atoms with E-state index in [0.717, 1.165) is 12.2 Å². The van der Waals surface area contributed by atoms with E-state index in [2.05, 4.69) is 15.7 Å². The molecular weight excluding hydrogens is 288 g/mol. The number of hydrogen-bond donors (Lipinski definition) is 2. The maximum absolute atomic E-state index is 12.0. The SMILES string of the molecule is Cc1nn(C)cc1C(=O)NCCNC1CCCCCC1.Cl. The van der Waals surface area contributed by atoms with Crippen molar-refractivity contribution in [1.29, 1.82) is 0 Å². The Kier molecular flexibility index (Phi) is 7.75. The highest BCUT2D eigenvalue weighted by atomic mass is 35.5. The second-order valence-electron chi connectivity index (χ2n) is 5.70. The van der Waals surface area contributed by atoms with Crippen molar-refractivity contribution in [3.63, 3.8) is 0 Å². The zero-order valence-electron chi connectivity index (χ0n) is 13.0. The predicted molar refractivity (Wildman–Crippen MR) is 87.0 cm³/mol. The maximum Gasteiger partial charge on any atom is 0.254 e. The van der Waals surface area contributed by atoms with Crippen LogP contribution >= 0.6 is 12.4 Å². The topological polar surface area (TPSA) is 59.0 Å². The Labute approximate surface area is 133 Å². The molecule has 21 heavy (non-hydrogen) atoms. The van der Waals surface area contributed by atoms with Crippen molar-refractivity contribution in [1.82, 2.24) is 20.4 Å². The summed E-state index contributed by atoms with van der Waals surface area (Å²) in [5, 5.41) is 10.7. The molecule has 5 nitrogen and oxygen atoms in total. The molecule has 1 aliphatic rings. The van der Waals surface area contributed by atoms with Crippen molar-refractivity contribution in [2.24, 2.45) is 7.05 Å². The van der Waals surface area contributed by atoms with Gasteiger partial charge in [-0.25, -0.2) is 0 Å². The van der Waals surface area contributed by atoms with Gasteiger partial charge < -0.3 is 10.6 Å². The summed E-state index contributed by atoms with van der Waals surface area (Å²) in [6.45, 7) is 3.37. The number of aromatic nitrogens is 2. The lowest BCUT2D eigenvalue weighted by Gasteiger charge is -2.16. The highest BCUT2D eigenvalue weighted by Gasteiger charge is 2.13. The van der Waals surface area contributed by atoms with Crippen LogP contribution < -0.4 is 10.6 Å². The van der Waals surface area contributed by atoms with Gasteiger partial charge in [-0.15, -0.1) is 12.4 Å². The third-order valence-electron chi connectivity index (χ3n) is 3.96. The highest BCUT2D eigenvalue weighted by molar-refractivity contribution is 5.94. The summed E-state index contributed by atoms with van der Waals surface area (Å²) in [5.74, 6) is -0.0294. The summed E-state index contributed by atoms with van der Waals surface area (Å²) in [5.41, 5.74) is 1.45. The molecular formula is C15H27ClN4O. The van der Waals surface area contributed by atoms with Crippen molar-refractivity contribution < 1.29 is 4.79 Å².